The first-order valence-electron chi connectivity index (χ1n) is 13.8. The van der Waals surface area contributed by atoms with E-state index < -0.39 is 15.4 Å². The van der Waals surface area contributed by atoms with Crippen LogP contribution in [-0.4, -0.2) is 54.8 Å². The summed E-state index contributed by atoms with van der Waals surface area (Å²) in [4.78, 5) is 16.2. The minimum Gasteiger partial charge on any atom is -0.347 e. The van der Waals surface area contributed by atoms with Crippen LogP contribution >= 0.6 is 11.8 Å². The van der Waals surface area contributed by atoms with Gasteiger partial charge in [-0.2, -0.15) is 4.31 Å². The van der Waals surface area contributed by atoms with E-state index in [0.29, 0.717) is 17.7 Å². The van der Waals surface area contributed by atoms with Gasteiger partial charge in [-0.1, -0.05) is 109 Å². The highest BCUT2D eigenvalue weighted by Gasteiger charge is 2.41. The molecule has 1 saturated heterocycles. The predicted molar refractivity (Wildman–Crippen MR) is 167 cm³/mol. The number of carbonyl (C=O) groups excluding carboxylic acids is 1. The van der Waals surface area contributed by atoms with E-state index in [1.807, 2.05) is 91.0 Å². The van der Waals surface area contributed by atoms with Crippen molar-refractivity contribution < 1.29 is 13.2 Å². The summed E-state index contributed by atoms with van der Waals surface area (Å²) in [6.07, 6.45) is 0.695. The molecule has 8 heteroatoms. The second-order valence-electron chi connectivity index (χ2n) is 10.2. The summed E-state index contributed by atoms with van der Waals surface area (Å²) < 4.78 is 29.4. The standard InChI is InChI=1S/C33H35N3O3S2/c1-35(25-26-13-5-2-6-14-26)22-21-30(28-17-9-4-10-18-28)34-32(37)33-36(23-24-40-33)41(38,39)31-20-12-11-19-29(31)27-15-7-3-8-16-27/h2-20,30,33H,21-25H2,1H3,(H,34,37)/t30-,33-/m0/s1. The van der Waals surface area contributed by atoms with Crippen LogP contribution in [0.15, 0.2) is 120 Å². The topological polar surface area (TPSA) is 69.7 Å². The molecule has 1 amide bonds. The average molecular weight is 586 g/mol. The first kappa shape index (κ1) is 29.1. The number of nitrogens with zero attached hydrogens (tertiary/aromatic N) is 2. The summed E-state index contributed by atoms with van der Waals surface area (Å²) in [5, 5.41) is 2.37. The van der Waals surface area contributed by atoms with E-state index in [4.69, 9.17) is 0 Å². The third-order valence-corrected chi connectivity index (χ3v) is 10.5. The summed E-state index contributed by atoms with van der Waals surface area (Å²) in [5.41, 5.74) is 3.69. The molecule has 0 aromatic heterocycles. The number of hydrogen-bond acceptors (Lipinski definition) is 5. The van der Waals surface area contributed by atoms with Crippen molar-refractivity contribution >= 4 is 27.7 Å². The zero-order chi connectivity index (χ0) is 28.7. The van der Waals surface area contributed by atoms with Crippen LogP contribution in [-0.2, 0) is 21.4 Å². The molecule has 0 spiro atoms. The maximum Gasteiger partial charge on any atom is 0.249 e. The molecule has 4 aromatic rings. The number of rotatable bonds is 11. The second kappa shape index (κ2) is 13.5. The number of thioether (sulfide) groups is 1. The average Bonchev–Trinajstić information content (AvgIpc) is 3.52. The normalized spacial score (nSPS) is 16.5. The molecular formula is C33H35N3O3S2. The monoisotopic (exact) mass is 585 g/mol. The number of nitrogens with one attached hydrogen (secondary N) is 1. The lowest BCUT2D eigenvalue weighted by Gasteiger charge is -2.27. The van der Waals surface area contributed by atoms with Gasteiger partial charge in [-0.3, -0.25) is 4.79 Å². The Morgan fingerprint density at radius 2 is 1.51 bits per heavy atom. The van der Waals surface area contributed by atoms with Gasteiger partial charge in [0.2, 0.25) is 15.9 Å². The highest BCUT2D eigenvalue weighted by atomic mass is 32.2. The van der Waals surface area contributed by atoms with Gasteiger partial charge in [0.05, 0.1) is 10.9 Å². The highest BCUT2D eigenvalue weighted by molar-refractivity contribution is 8.02. The van der Waals surface area contributed by atoms with E-state index in [0.717, 1.165) is 24.2 Å². The molecular weight excluding hydrogens is 551 g/mol. The fourth-order valence-corrected chi connectivity index (χ4v) is 8.46. The van der Waals surface area contributed by atoms with E-state index in [1.165, 1.54) is 21.6 Å². The Kier molecular flexibility index (Phi) is 9.57. The minimum absolute atomic E-state index is 0.216. The Morgan fingerprint density at radius 1 is 0.902 bits per heavy atom. The summed E-state index contributed by atoms with van der Waals surface area (Å²) in [6.45, 7) is 1.85. The van der Waals surface area contributed by atoms with Crippen LogP contribution in [0, 0.1) is 0 Å². The van der Waals surface area contributed by atoms with Gasteiger partial charge in [-0.25, -0.2) is 8.42 Å². The molecule has 0 unspecified atom stereocenters. The molecule has 6 nitrogen and oxygen atoms in total. The smallest absolute Gasteiger partial charge is 0.249 e. The zero-order valence-corrected chi connectivity index (χ0v) is 24.7. The molecule has 1 N–H and O–H groups in total. The third-order valence-electron chi connectivity index (χ3n) is 7.24. The van der Waals surface area contributed by atoms with E-state index in [1.54, 1.807) is 12.1 Å². The number of benzene rings is 4. The predicted octanol–water partition coefficient (Wildman–Crippen LogP) is 5.80. The van der Waals surface area contributed by atoms with Crippen molar-refractivity contribution in [1.29, 1.82) is 0 Å². The Balaban J connectivity index is 1.33. The van der Waals surface area contributed by atoms with Gasteiger partial charge in [0.25, 0.3) is 0 Å². The van der Waals surface area contributed by atoms with Crippen molar-refractivity contribution in [2.45, 2.75) is 29.3 Å². The maximum atomic E-state index is 14.0. The Hall–Kier alpha value is -3.43. The molecule has 0 saturated carbocycles. The van der Waals surface area contributed by atoms with Crippen molar-refractivity contribution in [3.63, 3.8) is 0 Å². The summed E-state index contributed by atoms with van der Waals surface area (Å²) in [6, 6.07) is 36.4. The SMILES string of the molecule is CN(CC[C@H](NC(=O)[C@@H]1SCCN1S(=O)(=O)c1ccccc1-c1ccccc1)c1ccccc1)Cc1ccccc1. The Morgan fingerprint density at radius 3 is 2.22 bits per heavy atom. The second-order valence-corrected chi connectivity index (χ2v) is 13.2. The van der Waals surface area contributed by atoms with Gasteiger partial charge < -0.3 is 10.2 Å². The van der Waals surface area contributed by atoms with Gasteiger partial charge in [0, 0.05) is 31.0 Å². The van der Waals surface area contributed by atoms with Gasteiger partial charge >= 0.3 is 0 Å². The molecule has 1 fully saturated rings. The van der Waals surface area contributed by atoms with Gasteiger partial charge in [-0.05, 0) is 36.2 Å². The fourth-order valence-electron chi connectivity index (χ4n) is 5.16. The molecule has 0 bridgehead atoms. The van der Waals surface area contributed by atoms with Crippen molar-refractivity contribution in [3.8, 4) is 11.1 Å². The molecule has 212 valence electrons. The Labute approximate surface area is 247 Å². The van der Waals surface area contributed by atoms with E-state index in [2.05, 4.69) is 29.4 Å². The van der Waals surface area contributed by atoms with E-state index >= 15 is 0 Å². The molecule has 0 radical (unpaired) electrons. The first-order chi connectivity index (χ1) is 19.9. The van der Waals surface area contributed by atoms with Crippen LogP contribution < -0.4 is 5.32 Å². The number of hydrogen-bond donors (Lipinski definition) is 1. The Bertz CT molecular complexity index is 1530. The van der Waals surface area contributed by atoms with Crippen LogP contribution in [0.2, 0.25) is 0 Å². The van der Waals surface area contributed by atoms with Gasteiger partial charge in [0.15, 0.2) is 0 Å². The molecule has 1 heterocycles. The zero-order valence-electron chi connectivity index (χ0n) is 23.1. The van der Waals surface area contributed by atoms with Crippen LogP contribution in [0.1, 0.15) is 23.6 Å². The largest absolute Gasteiger partial charge is 0.347 e. The van der Waals surface area contributed by atoms with E-state index in [9.17, 15) is 13.2 Å². The van der Waals surface area contributed by atoms with Crippen molar-refractivity contribution in [3.05, 3.63) is 126 Å². The molecule has 1 aliphatic rings. The summed E-state index contributed by atoms with van der Waals surface area (Å²) >= 11 is 1.37. The quantitative estimate of drug-likeness (QED) is 0.241. The van der Waals surface area contributed by atoms with Crippen molar-refractivity contribution in [2.75, 3.05) is 25.9 Å². The van der Waals surface area contributed by atoms with Crippen molar-refractivity contribution in [1.82, 2.24) is 14.5 Å². The summed E-state index contributed by atoms with van der Waals surface area (Å²) in [7, 11) is -1.86. The molecule has 2 atom stereocenters. The highest BCUT2D eigenvalue weighted by Crippen LogP contribution is 2.35. The fraction of sp³-hybridized carbons (Fsp3) is 0.242. The van der Waals surface area contributed by atoms with Crippen LogP contribution in [0.25, 0.3) is 11.1 Å². The van der Waals surface area contributed by atoms with Gasteiger partial charge in [-0.15, -0.1) is 11.8 Å². The van der Waals surface area contributed by atoms with Crippen LogP contribution in [0.4, 0.5) is 0 Å². The van der Waals surface area contributed by atoms with Crippen molar-refractivity contribution in [2.24, 2.45) is 0 Å². The lowest BCUT2D eigenvalue weighted by atomic mass is 10.0. The molecule has 1 aliphatic heterocycles. The van der Waals surface area contributed by atoms with Gasteiger partial charge in [0.1, 0.15) is 5.37 Å². The number of amides is 1. The maximum absolute atomic E-state index is 14.0. The lowest BCUT2D eigenvalue weighted by Crippen LogP contribution is -2.46. The molecule has 0 aliphatic carbocycles. The summed E-state index contributed by atoms with van der Waals surface area (Å²) in [5.74, 6) is 0.272. The lowest BCUT2D eigenvalue weighted by molar-refractivity contribution is -0.123. The van der Waals surface area contributed by atoms with E-state index in [-0.39, 0.29) is 23.4 Å². The minimum atomic E-state index is -3.93. The number of sulfonamides is 1. The molecule has 4 aromatic carbocycles. The van der Waals surface area contributed by atoms with Crippen LogP contribution in [0.5, 0.6) is 0 Å². The number of carbonyl (C=O) groups is 1. The molecule has 41 heavy (non-hydrogen) atoms. The molecule has 5 rings (SSSR count). The first-order valence-corrected chi connectivity index (χ1v) is 16.3. The van der Waals surface area contributed by atoms with Crippen LogP contribution in [0.3, 0.4) is 0 Å². The third kappa shape index (κ3) is 7.08.